The van der Waals surface area contributed by atoms with E-state index in [1.807, 2.05) is 43.5 Å². The van der Waals surface area contributed by atoms with Crippen molar-refractivity contribution in [1.82, 2.24) is 5.32 Å². The van der Waals surface area contributed by atoms with Gasteiger partial charge < -0.3 is 24.2 Å². The number of rotatable bonds is 15. The molecule has 0 amide bonds. The van der Waals surface area contributed by atoms with Crippen molar-refractivity contribution in [3.63, 3.8) is 0 Å². The summed E-state index contributed by atoms with van der Waals surface area (Å²) in [5.74, 6) is 0.772. The monoisotopic (exact) mass is 521 g/mol. The van der Waals surface area contributed by atoms with Gasteiger partial charge in [0, 0.05) is 17.0 Å². The molecular weight excluding hydrogens is 488 g/mol. The molecule has 35 heavy (non-hydrogen) atoms. The van der Waals surface area contributed by atoms with Crippen molar-refractivity contribution < 1.29 is 27.8 Å². The van der Waals surface area contributed by atoms with E-state index in [1.165, 1.54) is 6.07 Å². The summed E-state index contributed by atoms with van der Waals surface area (Å²) in [6.45, 7) is 5.90. The fourth-order valence-corrected chi connectivity index (χ4v) is 4.60. The summed E-state index contributed by atoms with van der Waals surface area (Å²) < 4.78 is 41.1. The molecule has 0 spiro atoms. The molecule has 1 atom stereocenters. The highest BCUT2D eigenvalue weighted by molar-refractivity contribution is 7.32. The fraction of sp³-hybridized carbons (Fsp3) is 0.385. The normalized spacial score (nSPS) is 12.1. The zero-order chi connectivity index (χ0) is 25.0. The standard InChI is InChI=1S/C26H33FNO5PS/c1-19(2)33-25-11-8-20(17-23(25)27)6-3-13-31-24-10-9-21(16-22(24)26-7-4-15-35-26)18-28-12-5-14-32-34(29)30/h4,7-11,15-17,19,28,34H,3,5-6,12-14,18H2,1-2H3,(H,29,30). The molecule has 0 saturated carbocycles. The van der Waals surface area contributed by atoms with Crippen LogP contribution in [-0.4, -0.2) is 30.8 Å². The van der Waals surface area contributed by atoms with Crippen LogP contribution in [0.2, 0.25) is 0 Å². The Labute approximate surface area is 211 Å². The minimum Gasteiger partial charge on any atom is -0.493 e. The van der Waals surface area contributed by atoms with Crippen LogP contribution in [0.4, 0.5) is 4.39 Å². The summed E-state index contributed by atoms with van der Waals surface area (Å²) in [5, 5.41) is 5.37. The number of halogens is 1. The van der Waals surface area contributed by atoms with Crippen molar-refractivity contribution in [3.05, 3.63) is 70.9 Å². The predicted molar refractivity (Wildman–Crippen MR) is 139 cm³/mol. The molecule has 1 unspecified atom stereocenters. The zero-order valence-electron chi connectivity index (χ0n) is 20.1. The Kier molecular flexibility index (Phi) is 11.2. The van der Waals surface area contributed by atoms with Crippen molar-refractivity contribution in [2.75, 3.05) is 19.8 Å². The first kappa shape index (κ1) is 27.4. The van der Waals surface area contributed by atoms with Crippen LogP contribution in [0, 0.1) is 5.82 Å². The van der Waals surface area contributed by atoms with Gasteiger partial charge in [0.15, 0.2) is 11.6 Å². The smallest absolute Gasteiger partial charge is 0.316 e. The van der Waals surface area contributed by atoms with Gasteiger partial charge in [0.25, 0.3) is 0 Å². The molecule has 0 aliphatic rings. The Balaban J connectivity index is 1.53. The Bertz CT molecular complexity index is 1080. The van der Waals surface area contributed by atoms with E-state index >= 15 is 0 Å². The molecule has 2 N–H and O–H groups in total. The molecule has 0 aliphatic carbocycles. The number of aryl methyl sites for hydroxylation is 1. The average Bonchev–Trinajstić information content (AvgIpc) is 3.35. The maximum absolute atomic E-state index is 14.2. The number of hydrogen-bond acceptors (Lipinski definition) is 6. The third kappa shape index (κ3) is 9.39. The zero-order valence-corrected chi connectivity index (χ0v) is 21.9. The molecule has 3 aromatic rings. The van der Waals surface area contributed by atoms with E-state index in [-0.39, 0.29) is 24.3 Å². The lowest BCUT2D eigenvalue weighted by Crippen LogP contribution is -2.16. The molecule has 0 bridgehead atoms. The number of benzene rings is 2. The van der Waals surface area contributed by atoms with Crippen molar-refractivity contribution >= 4 is 19.6 Å². The largest absolute Gasteiger partial charge is 0.493 e. The van der Waals surface area contributed by atoms with Gasteiger partial charge in [0.05, 0.1) is 19.3 Å². The Hall–Kier alpha value is -2.22. The second kappa shape index (κ2) is 14.4. The van der Waals surface area contributed by atoms with E-state index in [1.54, 1.807) is 17.4 Å². The van der Waals surface area contributed by atoms with E-state index < -0.39 is 8.25 Å². The lowest BCUT2D eigenvalue weighted by molar-refractivity contribution is 0.231. The van der Waals surface area contributed by atoms with E-state index in [2.05, 4.69) is 17.4 Å². The molecule has 0 radical (unpaired) electrons. The molecule has 1 heterocycles. The van der Waals surface area contributed by atoms with Gasteiger partial charge in [-0.05, 0) is 86.5 Å². The minimum absolute atomic E-state index is 0.0660. The molecule has 0 aliphatic heterocycles. The second-order valence-electron chi connectivity index (χ2n) is 8.34. The topological polar surface area (TPSA) is 77.0 Å². The maximum atomic E-state index is 14.2. The van der Waals surface area contributed by atoms with Crippen molar-refractivity contribution in [3.8, 4) is 21.9 Å². The highest BCUT2D eigenvalue weighted by Gasteiger charge is 2.10. The Morgan fingerprint density at radius 2 is 1.86 bits per heavy atom. The van der Waals surface area contributed by atoms with E-state index in [9.17, 15) is 8.96 Å². The van der Waals surface area contributed by atoms with Crippen LogP contribution < -0.4 is 14.8 Å². The van der Waals surface area contributed by atoms with Crippen LogP contribution in [-0.2, 0) is 22.1 Å². The predicted octanol–water partition coefficient (Wildman–Crippen LogP) is 6.23. The highest BCUT2D eigenvalue weighted by Crippen LogP contribution is 2.34. The van der Waals surface area contributed by atoms with E-state index in [0.29, 0.717) is 32.5 Å². The molecule has 0 saturated heterocycles. The summed E-state index contributed by atoms with van der Waals surface area (Å²) in [5.41, 5.74) is 3.08. The maximum Gasteiger partial charge on any atom is 0.316 e. The summed E-state index contributed by atoms with van der Waals surface area (Å²) >= 11 is 1.66. The SMILES string of the molecule is CC(C)Oc1ccc(CCCOc2ccc(CNCCCO[PH](=O)O)cc2-c2cccs2)cc1F. The average molecular weight is 522 g/mol. The Morgan fingerprint density at radius 3 is 2.57 bits per heavy atom. The molecule has 190 valence electrons. The minimum atomic E-state index is -2.85. The van der Waals surface area contributed by atoms with Gasteiger partial charge in [0.2, 0.25) is 0 Å². The fourth-order valence-electron chi connectivity index (χ4n) is 3.53. The van der Waals surface area contributed by atoms with Crippen LogP contribution in [0.5, 0.6) is 11.5 Å². The van der Waals surface area contributed by atoms with Gasteiger partial charge in [-0.25, -0.2) is 4.39 Å². The number of hydrogen-bond donors (Lipinski definition) is 2. The Morgan fingerprint density at radius 1 is 1.06 bits per heavy atom. The van der Waals surface area contributed by atoms with Crippen LogP contribution in [0.1, 0.15) is 37.8 Å². The van der Waals surface area contributed by atoms with Crippen molar-refractivity contribution in [2.45, 2.75) is 45.8 Å². The number of ether oxygens (including phenoxy) is 2. The summed E-state index contributed by atoms with van der Waals surface area (Å²) in [7, 11) is -2.85. The van der Waals surface area contributed by atoms with Crippen molar-refractivity contribution in [1.29, 1.82) is 0 Å². The first-order valence-electron chi connectivity index (χ1n) is 11.7. The molecular formula is C26H33FNO5PS. The van der Waals surface area contributed by atoms with E-state index in [4.69, 9.17) is 18.9 Å². The quantitative estimate of drug-likeness (QED) is 0.182. The van der Waals surface area contributed by atoms with Crippen LogP contribution in [0.25, 0.3) is 10.4 Å². The lowest BCUT2D eigenvalue weighted by Gasteiger charge is -2.14. The number of thiophene rings is 1. The van der Waals surface area contributed by atoms with Gasteiger partial charge in [-0.2, -0.15) is 0 Å². The molecule has 9 heteroatoms. The lowest BCUT2D eigenvalue weighted by atomic mass is 10.1. The second-order valence-corrected chi connectivity index (χ2v) is 10.1. The van der Waals surface area contributed by atoms with Gasteiger partial charge >= 0.3 is 8.25 Å². The van der Waals surface area contributed by atoms with Gasteiger partial charge in [-0.3, -0.25) is 4.57 Å². The third-order valence-corrected chi connectivity index (χ3v) is 6.46. The molecule has 3 rings (SSSR count). The van der Waals surface area contributed by atoms with E-state index in [0.717, 1.165) is 33.7 Å². The van der Waals surface area contributed by atoms with Crippen LogP contribution >= 0.6 is 19.6 Å². The number of nitrogens with one attached hydrogen (secondary N) is 1. The molecule has 0 fully saturated rings. The van der Waals surface area contributed by atoms with Crippen molar-refractivity contribution in [2.24, 2.45) is 0 Å². The van der Waals surface area contributed by atoms with Crippen LogP contribution in [0.15, 0.2) is 53.9 Å². The molecule has 2 aromatic carbocycles. The van der Waals surface area contributed by atoms with Gasteiger partial charge in [-0.1, -0.05) is 18.2 Å². The summed E-state index contributed by atoms with van der Waals surface area (Å²) in [4.78, 5) is 9.82. The van der Waals surface area contributed by atoms with Gasteiger partial charge in [-0.15, -0.1) is 11.3 Å². The molecule has 6 nitrogen and oxygen atoms in total. The third-order valence-electron chi connectivity index (χ3n) is 5.11. The van der Waals surface area contributed by atoms with Crippen LogP contribution in [0.3, 0.4) is 0 Å². The first-order valence-corrected chi connectivity index (χ1v) is 13.9. The highest BCUT2D eigenvalue weighted by atomic mass is 32.1. The first-order chi connectivity index (χ1) is 16.9. The summed E-state index contributed by atoms with van der Waals surface area (Å²) in [6, 6.07) is 15.4. The van der Waals surface area contributed by atoms with Gasteiger partial charge in [0.1, 0.15) is 5.75 Å². The summed E-state index contributed by atoms with van der Waals surface area (Å²) in [6.07, 6.45) is 2.07. The molecule has 1 aromatic heterocycles.